The van der Waals surface area contributed by atoms with Crippen LogP contribution in [-0.4, -0.2) is 55.8 Å². The summed E-state index contributed by atoms with van der Waals surface area (Å²) >= 11 is 0. The number of alkyl halides is 1. The van der Waals surface area contributed by atoms with Crippen LogP contribution < -0.4 is 16.4 Å². The normalized spacial score (nSPS) is 16.7. The van der Waals surface area contributed by atoms with Crippen molar-refractivity contribution in [1.82, 2.24) is 29.9 Å². The largest absolute Gasteiger partial charge is 0.364 e. The van der Waals surface area contributed by atoms with E-state index in [1.165, 1.54) is 6.20 Å². The summed E-state index contributed by atoms with van der Waals surface area (Å²) in [7, 11) is 0. The molecule has 0 saturated carbocycles. The summed E-state index contributed by atoms with van der Waals surface area (Å²) in [5.74, 6) is -0.239. The van der Waals surface area contributed by atoms with Crippen molar-refractivity contribution in [3.63, 3.8) is 0 Å². The topological polar surface area (TPSA) is 126 Å². The molecule has 5 N–H and O–H groups in total. The van der Waals surface area contributed by atoms with Gasteiger partial charge in [0.2, 0.25) is 0 Å². The Labute approximate surface area is 148 Å². The van der Waals surface area contributed by atoms with Gasteiger partial charge in [-0.3, -0.25) is 9.89 Å². The number of carbonyl (C=O) groups is 1. The number of fused-ring (bicyclic) bond motifs is 1. The molecule has 0 radical (unpaired) electrons. The standard InChI is InChI=1S/C16H19FN8O/c17-16(1-3-19-4-2-16)9-20-14-15-24-12(13(18)26)8-25(15)7-11(23-14)10-5-21-22-6-10/h5-8,19H,1-4,9H2,(H2,18,26)(H,20,23)(H,21,22). The van der Waals surface area contributed by atoms with Gasteiger partial charge in [0, 0.05) is 24.2 Å². The number of anilines is 1. The molecule has 1 amide bonds. The number of H-pyrrole nitrogens is 1. The fraction of sp³-hybridized carbons (Fsp3) is 0.375. The van der Waals surface area contributed by atoms with E-state index in [-0.39, 0.29) is 12.2 Å². The van der Waals surface area contributed by atoms with E-state index < -0.39 is 11.6 Å². The van der Waals surface area contributed by atoms with E-state index in [9.17, 15) is 9.18 Å². The van der Waals surface area contributed by atoms with E-state index >= 15 is 0 Å². The molecule has 1 fully saturated rings. The second kappa shape index (κ2) is 6.37. The van der Waals surface area contributed by atoms with Gasteiger partial charge in [0.1, 0.15) is 11.4 Å². The van der Waals surface area contributed by atoms with Crippen molar-refractivity contribution in [1.29, 1.82) is 0 Å². The first kappa shape index (κ1) is 16.5. The van der Waals surface area contributed by atoms with Gasteiger partial charge in [-0.05, 0) is 25.9 Å². The molecule has 1 aliphatic heterocycles. The van der Waals surface area contributed by atoms with Crippen LogP contribution in [0, 0.1) is 0 Å². The van der Waals surface area contributed by atoms with Crippen LogP contribution in [0.4, 0.5) is 10.2 Å². The third kappa shape index (κ3) is 3.10. The van der Waals surface area contributed by atoms with E-state index in [1.807, 2.05) is 0 Å². The second-order valence-corrected chi connectivity index (χ2v) is 6.44. The zero-order valence-electron chi connectivity index (χ0n) is 14.0. The molecule has 0 spiro atoms. The number of piperidine rings is 1. The summed E-state index contributed by atoms with van der Waals surface area (Å²) in [6, 6.07) is 0. The molecule has 136 valence electrons. The van der Waals surface area contributed by atoms with Crippen LogP contribution in [0.1, 0.15) is 23.3 Å². The number of rotatable bonds is 5. The molecule has 1 aliphatic rings. The van der Waals surface area contributed by atoms with Gasteiger partial charge in [-0.15, -0.1) is 0 Å². The van der Waals surface area contributed by atoms with Gasteiger partial charge in [0.15, 0.2) is 11.5 Å². The Kier molecular flexibility index (Phi) is 4.03. The molecule has 0 unspecified atom stereocenters. The quantitative estimate of drug-likeness (QED) is 0.532. The number of nitrogens with zero attached hydrogens (tertiary/aromatic N) is 4. The maximum atomic E-state index is 14.9. The first-order valence-corrected chi connectivity index (χ1v) is 8.36. The SMILES string of the molecule is NC(=O)c1cn2cc(-c3cn[nH]c3)nc(NCC3(F)CCNCC3)c2n1. The average Bonchev–Trinajstić information content (AvgIpc) is 3.29. The lowest BCUT2D eigenvalue weighted by Crippen LogP contribution is -2.43. The third-order valence-electron chi connectivity index (χ3n) is 4.56. The Hall–Kier alpha value is -3.01. The second-order valence-electron chi connectivity index (χ2n) is 6.44. The number of nitrogens with one attached hydrogen (secondary N) is 3. The summed E-state index contributed by atoms with van der Waals surface area (Å²) in [4.78, 5) is 20.2. The van der Waals surface area contributed by atoms with Crippen molar-refractivity contribution in [3.8, 4) is 11.3 Å². The lowest BCUT2D eigenvalue weighted by atomic mass is 9.94. The number of hydrogen-bond donors (Lipinski definition) is 4. The minimum atomic E-state index is -1.31. The van der Waals surface area contributed by atoms with Gasteiger partial charge in [-0.25, -0.2) is 14.4 Å². The molecule has 26 heavy (non-hydrogen) atoms. The predicted molar refractivity (Wildman–Crippen MR) is 93.5 cm³/mol. The Balaban J connectivity index is 1.71. The Bertz CT molecular complexity index is 929. The molecular formula is C16H19FN8O. The number of carbonyl (C=O) groups excluding carboxylic acids is 1. The van der Waals surface area contributed by atoms with Crippen molar-refractivity contribution >= 4 is 17.4 Å². The van der Waals surface area contributed by atoms with Crippen molar-refractivity contribution in [3.05, 3.63) is 30.5 Å². The minimum absolute atomic E-state index is 0.116. The van der Waals surface area contributed by atoms with Crippen molar-refractivity contribution < 1.29 is 9.18 Å². The zero-order chi connectivity index (χ0) is 18.1. The molecule has 4 rings (SSSR count). The van der Waals surface area contributed by atoms with Gasteiger partial charge < -0.3 is 20.8 Å². The maximum absolute atomic E-state index is 14.9. The van der Waals surface area contributed by atoms with Gasteiger partial charge >= 0.3 is 0 Å². The third-order valence-corrected chi connectivity index (χ3v) is 4.56. The van der Waals surface area contributed by atoms with E-state index in [1.54, 1.807) is 23.0 Å². The molecule has 9 nitrogen and oxygen atoms in total. The number of imidazole rings is 1. The van der Waals surface area contributed by atoms with Crippen LogP contribution >= 0.6 is 0 Å². The van der Waals surface area contributed by atoms with Crippen molar-refractivity contribution in [2.75, 3.05) is 25.0 Å². The fourth-order valence-electron chi connectivity index (χ4n) is 3.06. The molecule has 10 heteroatoms. The molecule has 0 aromatic carbocycles. The molecule has 0 atom stereocenters. The zero-order valence-corrected chi connectivity index (χ0v) is 14.0. The summed E-state index contributed by atoms with van der Waals surface area (Å²) in [5.41, 5.74) is 5.94. The van der Waals surface area contributed by atoms with Gasteiger partial charge in [-0.2, -0.15) is 5.10 Å². The summed E-state index contributed by atoms with van der Waals surface area (Å²) in [5, 5.41) is 12.9. The minimum Gasteiger partial charge on any atom is -0.364 e. The van der Waals surface area contributed by atoms with E-state index in [0.29, 0.717) is 43.1 Å². The number of nitrogens with two attached hydrogens (primary N) is 1. The fourth-order valence-corrected chi connectivity index (χ4v) is 3.06. The van der Waals surface area contributed by atoms with Crippen LogP contribution in [0.2, 0.25) is 0 Å². The predicted octanol–water partition coefficient (Wildman–Crippen LogP) is 0.722. The molecule has 3 aromatic rings. The first-order chi connectivity index (χ1) is 12.5. The maximum Gasteiger partial charge on any atom is 0.268 e. The highest BCUT2D eigenvalue weighted by Gasteiger charge is 2.31. The highest BCUT2D eigenvalue weighted by Crippen LogP contribution is 2.26. The van der Waals surface area contributed by atoms with Crippen LogP contribution in [-0.2, 0) is 0 Å². The lowest BCUT2D eigenvalue weighted by molar-refractivity contribution is 0.0996. The highest BCUT2D eigenvalue weighted by atomic mass is 19.1. The number of primary amides is 1. The summed E-state index contributed by atoms with van der Waals surface area (Å²) in [6.07, 6.45) is 7.45. The van der Waals surface area contributed by atoms with Crippen LogP contribution in [0.15, 0.2) is 24.8 Å². The number of aromatic nitrogens is 5. The smallest absolute Gasteiger partial charge is 0.268 e. The Morgan fingerprint density at radius 2 is 2.15 bits per heavy atom. The number of halogens is 1. The highest BCUT2D eigenvalue weighted by molar-refractivity contribution is 5.92. The Morgan fingerprint density at radius 3 is 2.85 bits per heavy atom. The number of amides is 1. The molecule has 4 heterocycles. The summed E-state index contributed by atoms with van der Waals surface area (Å²) < 4.78 is 16.6. The monoisotopic (exact) mass is 358 g/mol. The first-order valence-electron chi connectivity index (χ1n) is 8.36. The average molecular weight is 358 g/mol. The van der Waals surface area contributed by atoms with Crippen molar-refractivity contribution in [2.45, 2.75) is 18.5 Å². The van der Waals surface area contributed by atoms with Crippen LogP contribution in [0.5, 0.6) is 0 Å². The van der Waals surface area contributed by atoms with Crippen LogP contribution in [0.3, 0.4) is 0 Å². The molecule has 3 aromatic heterocycles. The molecule has 0 aliphatic carbocycles. The van der Waals surface area contributed by atoms with Crippen molar-refractivity contribution in [2.24, 2.45) is 5.73 Å². The van der Waals surface area contributed by atoms with E-state index in [0.717, 1.165) is 5.56 Å². The molecule has 0 bridgehead atoms. The van der Waals surface area contributed by atoms with E-state index in [4.69, 9.17) is 5.73 Å². The van der Waals surface area contributed by atoms with E-state index in [2.05, 4.69) is 30.8 Å². The van der Waals surface area contributed by atoms with Gasteiger partial charge in [-0.1, -0.05) is 0 Å². The number of hydrogen-bond acceptors (Lipinski definition) is 6. The molecule has 1 saturated heterocycles. The molecular weight excluding hydrogens is 339 g/mol. The summed E-state index contributed by atoms with van der Waals surface area (Å²) in [6.45, 7) is 1.40. The Morgan fingerprint density at radius 1 is 1.35 bits per heavy atom. The van der Waals surface area contributed by atoms with Crippen LogP contribution in [0.25, 0.3) is 16.9 Å². The van der Waals surface area contributed by atoms with Gasteiger partial charge in [0.25, 0.3) is 5.91 Å². The lowest BCUT2D eigenvalue weighted by Gasteiger charge is -2.30. The van der Waals surface area contributed by atoms with Gasteiger partial charge in [0.05, 0.1) is 18.4 Å². The number of aromatic amines is 1.